The molecule has 0 aliphatic heterocycles. The summed E-state index contributed by atoms with van der Waals surface area (Å²) in [6, 6.07) is 6.01. The monoisotopic (exact) mass is 713 g/mol. The zero-order valence-corrected chi connectivity index (χ0v) is 31.7. The first-order valence-corrected chi connectivity index (χ1v) is 17.9. The van der Waals surface area contributed by atoms with Crippen LogP contribution in [0.3, 0.4) is 0 Å². The van der Waals surface area contributed by atoms with Gasteiger partial charge >= 0.3 is 5.13 Å². The molecule has 2 atom stereocenters. The van der Waals surface area contributed by atoms with Crippen LogP contribution >= 0.6 is 11.3 Å². The maximum absolute atomic E-state index is 9.11. The van der Waals surface area contributed by atoms with Gasteiger partial charge in [0.05, 0.1) is 115 Å². The van der Waals surface area contributed by atoms with Gasteiger partial charge in [-0.2, -0.15) is 0 Å². The van der Waals surface area contributed by atoms with E-state index >= 15 is 0 Å². The fourth-order valence-electron chi connectivity index (χ4n) is 4.44. The summed E-state index contributed by atoms with van der Waals surface area (Å²) in [4.78, 5) is 2.24. The number of aliphatic hydroxyl groups is 2. The van der Waals surface area contributed by atoms with E-state index in [0.29, 0.717) is 65.9 Å². The van der Waals surface area contributed by atoms with Gasteiger partial charge in [-0.15, -0.1) is 0 Å². The number of hydrogen-bond acceptors (Lipinski definition) is 13. The van der Waals surface area contributed by atoms with Crippen LogP contribution in [-0.2, 0) is 40.2 Å². The molecule has 2 N–H and O–H groups in total. The maximum Gasteiger partial charge on any atom is 0.408 e. The fraction of sp³-hybridized carbons (Fsp3) is 0.743. The number of azo groups is 1. The molecule has 2 aromatic rings. The van der Waals surface area contributed by atoms with Crippen LogP contribution in [0.2, 0.25) is 0 Å². The van der Waals surface area contributed by atoms with Crippen LogP contribution < -0.4 is 9.47 Å². The van der Waals surface area contributed by atoms with E-state index in [9.17, 15) is 0 Å². The number of aryl methyl sites for hydroxylation is 1. The van der Waals surface area contributed by atoms with Crippen LogP contribution in [0.15, 0.2) is 40.0 Å². The van der Waals surface area contributed by atoms with E-state index in [0.717, 1.165) is 22.1 Å². The highest BCUT2D eigenvalue weighted by Gasteiger charge is 2.26. The first kappa shape index (κ1) is 43.1. The molecule has 0 aliphatic rings. The van der Waals surface area contributed by atoms with Crippen molar-refractivity contribution >= 4 is 27.8 Å². The van der Waals surface area contributed by atoms with Crippen LogP contribution in [0.4, 0.5) is 16.5 Å². The summed E-state index contributed by atoms with van der Waals surface area (Å²) < 4.78 is 43.5. The lowest BCUT2D eigenvalue weighted by Crippen LogP contribution is -2.45. The predicted octanol–water partition coefficient (Wildman–Crippen LogP) is 4.54. The zero-order chi connectivity index (χ0) is 36.1. The number of aromatic nitrogens is 1. The summed E-state index contributed by atoms with van der Waals surface area (Å²) in [5.74, 6) is 0. The third kappa shape index (κ3) is 19.2. The van der Waals surface area contributed by atoms with Crippen molar-refractivity contribution in [3.63, 3.8) is 0 Å². The minimum absolute atomic E-state index is 0.0145. The SMILES string of the molecule is Cc1c(N=Nc2scc[n+]2C)cccc1N(CC(COC(C)(C)C)OCCOCCO)CC(COC(C)(C)C)OCCOCCOCCO. The maximum atomic E-state index is 9.11. The van der Waals surface area contributed by atoms with Crippen molar-refractivity contribution in [2.75, 3.05) is 97.3 Å². The average Bonchev–Trinajstić information content (AvgIpc) is 3.45. The molecule has 2 unspecified atom stereocenters. The standard InChI is InChI=1S/C35H61N4O9S/c1-28-31(36-37-33-38(8)12-23-49-33)10-9-11-32(28)39(24-29(26-47-34(2,3)4)45-21-19-43-16-14-41)25-30(27-48-35(5,6)7)46-22-20-44-18-17-42-15-13-40/h9-12,23,29-30,40-41H,13-22,24-27H2,1-8H3/q+1. The summed E-state index contributed by atoms with van der Waals surface area (Å²) in [5, 5.41) is 29.9. The van der Waals surface area contributed by atoms with Crippen LogP contribution in [0, 0.1) is 6.92 Å². The highest BCUT2D eigenvalue weighted by Crippen LogP contribution is 2.31. The van der Waals surface area contributed by atoms with Gasteiger partial charge in [-0.3, -0.25) is 0 Å². The third-order valence-electron chi connectivity index (χ3n) is 6.88. The first-order chi connectivity index (χ1) is 23.3. The number of aliphatic hydroxyl groups excluding tert-OH is 2. The quantitative estimate of drug-likeness (QED) is 0.0813. The molecule has 0 saturated heterocycles. The van der Waals surface area contributed by atoms with Gasteiger partial charge in [0.1, 0.15) is 11.9 Å². The van der Waals surface area contributed by atoms with E-state index in [1.807, 2.05) is 83.8 Å². The minimum atomic E-state index is -0.359. The van der Waals surface area contributed by atoms with E-state index in [-0.39, 0.29) is 49.8 Å². The molecule has 1 aromatic carbocycles. The first-order valence-electron chi connectivity index (χ1n) is 17.0. The number of thiazole rings is 1. The largest absolute Gasteiger partial charge is 0.408 e. The summed E-state index contributed by atoms with van der Waals surface area (Å²) in [5.41, 5.74) is 1.98. The number of ether oxygens (including phenoxy) is 7. The van der Waals surface area contributed by atoms with Crippen molar-refractivity contribution in [1.82, 2.24) is 0 Å². The molecule has 0 fully saturated rings. The minimum Gasteiger partial charge on any atom is -0.394 e. The number of rotatable bonds is 26. The second kappa shape index (κ2) is 23.4. The molecule has 0 amide bonds. The van der Waals surface area contributed by atoms with Gasteiger partial charge in [-0.05, 0) is 77.0 Å². The average molecular weight is 714 g/mol. The van der Waals surface area contributed by atoms with E-state index in [1.54, 1.807) is 0 Å². The molecule has 0 bridgehead atoms. The predicted molar refractivity (Wildman–Crippen MR) is 191 cm³/mol. The molecule has 13 nitrogen and oxygen atoms in total. The van der Waals surface area contributed by atoms with Crippen molar-refractivity contribution in [2.24, 2.45) is 17.3 Å². The summed E-state index contributed by atoms with van der Waals surface area (Å²) in [7, 11) is 1.94. The normalized spacial score (nSPS) is 13.8. The Bertz CT molecular complexity index is 1190. The van der Waals surface area contributed by atoms with Gasteiger partial charge in [0.25, 0.3) is 0 Å². The van der Waals surface area contributed by atoms with Crippen LogP contribution in [0.5, 0.6) is 0 Å². The van der Waals surface area contributed by atoms with Gasteiger partial charge in [0.2, 0.25) is 0 Å². The molecule has 1 heterocycles. The Morgan fingerprint density at radius 3 is 1.73 bits per heavy atom. The van der Waals surface area contributed by atoms with Crippen molar-refractivity contribution in [1.29, 1.82) is 0 Å². The molecular weight excluding hydrogens is 652 g/mol. The van der Waals surface area contributed by atoms with Crippen molar-refractivity contribution in [2.45, 2.75) is 71.9 Å². The highest BCUT2D eigenvalue weighted by molar-refractivity contribution is 7.12. The lowest BCUT2D eigenvalue weighted by molar-refractivity contribution is -0.654. The van der Waals surface area contributed by atoms with Gasteiger partial charge in [-0.1, -0.05) is 6.07 Å². The number of benzene rings is 1. The number of nitrogens with zero attached hydrogens (tertiary/aromatic N) is 4. The number of anilines is 1. The molecule has 0 saturated carbocycles. The molecule has 0 radical (unpaired) electrons. The molecule has 1 aromatic heterocycles. The van der Waals surface area contributed by atoms with Gasteiger partial charge in [0.15, 0.2) is 0 Å². The van der Waals surface area contributed by atoms with Gasteiger partial charge in [-0.25, -0.2) is 4.57 Å². The van der Waals surface area contributed by atoms with Crippen molar-refractivity contribution < 1.29 is 47.9 Å². The fourth-order valence-corrected chi connectivity index (χ4v) is 5.12. The Labute approximate surface area is 297 Å². The third-order valence-corrected chi connectivity index (χ3v) is 7.72. The van der Waals surface area contributed by atoms with E-state index < -0.39 is 0 Å². The van der Waals surface area contributed by atoms with Gasteiger partial charge < -0.3 is 48.3 Å². The van der Waals surface area contributed by atoms with Crippen molar-refractivity contribution in [3.8, 4) is 0 Å². The summed E-state index contributed by atoms with van der Waals surface area (Å²) in [6.45, 7) is 18.7. The lowest BCUT2D eigenvalue weighted by Gasteiger charge is -2.35. The molecule has 2 rings (SSSR count). The summed E-state index contributed by atoms with van der Waals surface area (Å²) in [6.07, 6.45) is 1.34. The molecule has 280 valence electrons. The topological polar surface area (TPSA) is 137 Å². The number of hydrogen-bond donors (Lipinski definition) is 2. The summed E-state index contributed by atoms with van der Waals surface area (Å²) >= 11 is 1.52. The van der Waals surface area contributed by atoms with Gasteiger partial charge in [0, 0.05) is 29.7 Å². The molecule has 49 heavy (non-hydrogen) atoms. The second-order valence-corrected chi connectivity index (χ2v) is 14.3. The molecule has 14 heteroatoms. The van der Waals surface area contributed by atoms with Crippen LogP contribution in [0.25, 0.3) is 0 Å². The van der Waals surface area contributed by atoms with E-state index in [1.165, 1.54) is 11.3 Å². The lowest BCUT2D eigenvalue weighted by atomic mass is 10.1. The Morgan fingerprint density at radius 1 is 0.755 bits per heavy atom. The molecule has 0 spiro atoms. The Hall–Kier alpha value is -2.11. The molecule has 0 aliphatic carbocycles. The molecular formula is C35H61N4O9S+. The zero-order valence-electron chi connectivity index (χ0n) is 30.9. The van der Waals surface area contributed by atoms with E-state index in [4.69, 9.17) is 43.4 Å². The van der Waals surface area contributed by atoms with E-state index in [2.05, 4.69) is 21.2 Å². The highest BCUT2D eigenvalue weighted by atomic mass is 32.1. The van der Waals surface area contributed by atoms with Crippen LogP contribution in [0.1, 0.15) is 47.1 Å². The Morgan fingerprint density at radius 2 is 1.27 bits per heavy atom. The second-order valence-electron chi connectivity index (χ2n) is 13.4. The smallest absolute Gasteiger partial charge is 0.394 e. The Kier molecular flexibility index (Phi) is 20.5. The Balaban J connectivity index is 2.36. The van der Waals surface area contributed by atoms with Crippen LogP contribution in [-0.4, -0.2) is 126 Å². The van der Waals surface area contributed by atoms with Crippen molar-refractivity contribution in [3.05, 3.63) is 35.3 Å².